The third kappa shape index (κ3) is 3.67. The van der Waals surface area contributed by atoms with Gasteiger partial charge < -0.3 is 4.74 Å². The number of benzene rings is 1. The second kappa shape index (κ2) is 5.46. The minimum Gasteiger partial charge on any atom is -0.369 e. The van der Waals surface area contributed by atoms with E-state index >= 15 is 0 Å². The van der Waals surface area contributed by atoms with E-state index in [1.807, 2.05) is 30.3 Å². The van der Waals surface area contributed by atoms with Gasteiger partial charge in [-0.1, -0.05) is 43.7 Å². The lowest BCUT2D eigenvalue weighted by molar-refractivity contribution is -0.125. The molecule has 0 aromatic heterocycles. The van der Waals surface area contributed by atoms with E-state index in [1.54, 1.807) is 0 Å². The predicted molar refractivity (Wildman–Crippen MR) is 67.7 cm³/mol. The monoisotopic (exact) mass is 232 g/mol. The maximum atomic E-state index is 11.7. The highest BCUT2D eigenvalue weighted by molar-refractivity contribution is 5.80. The summed E-state index contributed by atoms with van der Waals surface area (Å²) in [5.74, 6) is 0.250. The van der Waals surface area contributed by atoms with Crippen LogP contribution >= 0.6 is 0 Å². The summed E-state index contributed by atoms with van der Waals surface area (Å²) >= 11 is 0. The van der Waals surface area contributed by atoms with Crippen LogP contribution in [0.2, 0.25) is 0 Å². The molecule has 0 radical (unpaired) electrons. The van der Waals surface area contributed by atoms with Gasteiger partial charge in [0.25, 0.3) is 0 Å². The van der Waals surface area contributed by atoms with Crippen LogP contribution in [-0.2, 0) is 16.1 Å². The largest absolute Gasteiger partial charge is 0.369 e. The summed E-state index contributed by atoms with van der Waals surface area (Å²) in [6.45, 7) is 2.97. The number of Topliss-reactive ketones (excluding diaryl/α,β-unsaturated/α-hetero) is 1. The van der Waals surface area contributed by atoms with Crippen LogP contribution in [0.3, 0.4) is 0 Å². The molecule has 2 heteroatoms. The van der Waals surface area contributed by atoms with Gasteiger partial charge in [0.15, 0.2) is 5.78 Å². The SMILES string of the molecule is CCC1(CC(=O)COCc2ccccc2)CC1. The van der Waals surface area contributed by atoms with Gasteiger partial charge in [-0.05, 0) is 23.8 Å². The molecule has 0 heterocycles. The Kier molecular flexibility index (Phi) is 3.95. The Bertz CT molecular complexity index is 366. The van der Waals surface area contributed by atoms with E-state index in [1.165, 1.54) is 12.8 Å². The molecule has 2 nitrogen and oxygen atoms in total. The fraction of sp³-hybridized carbons (Fsp3) is 0.533. The molecule has 2 rings (SSSR count). The molecule has 92 valence electrons. The quantitative estimate of drug-likeness (QED) is 0.720. The van der Waals surface area contributed by atoms with E-state index in [9.17, 15) is 4.79 Å². The molecule has 1 aromatic carbocycles. The van der Waals surface area contributed by atoms with Gasteiger partial charge in [-0.3, -0.25) is 4.79 Å². The van der Waals surface area contributed by atoms with Crippen molar-refractivity contribution in [1.82, 2.24) is 0 Å². The molecule has 17 heavy (non-hydrogen) atoms. The highest BCUT2D eigenvalue weighted by Gasteiger charge is 2.41. The summed E-state index contributed by atoms with van der Waals surface area (Å²) in [6, 6.07) is 9.97. The standard InChI is InChI=1S/C15H20O2/c1-2-15(8-9-15)10-14(16)12-17-11-13-6-4-3-5-7-13/h3-7H,2,8-12H2,1H3. The van der Waals surface area contributed by atoms with Crippen LogP contribution in [-0.4, -0.2) is 12.4 Å². The number of hydrogen-bond acceptors (Lipinski definition) is 2. The van der Waals surface area contributed by atoms with Crippen molar-refractivity contribution in [2.24, 2.45) is 5.41 Å². The Labute approximate surface area is 103 Å². The first kappa shape index (κ1) is 12.3. The van der Waals surface area contributed by atoms with Crippen molar-refractivity contribution in [2.45, 2.75) is 39.2 Å². The van der Waals surface area contributed by atoms with E-state index in [4.69, 9.17) is 4.74 Å². The van der Waals surface area contributed by atoms with Crippen molar-refractivity contribution in [3.8, 4) is 0 Å². The van der Waals surface area contributed by atoms with Crippen molar-refractivity contribution >= 4 is 5.78 Å². The number of carbonyl (C=O) groups is 1. The highest BCUT2D eigenvalue weighted by atomic mass is 16.5. The van der Waals surface area contributed by atoms with E-state index in [-0.39, 0.29) is 12.4 Å². The molecular formula is C15H20O2. The summed E-state index contributed by atoms with van der Waals surface area (Å²) in [7, 11) is 0. The zero-order valence-electron chi connectivity index (χ0n) is 10.4. The van der Waals surface area contributed by atoms with E-state index in [0.717, 1.165) is 12.0 Å². The van der Waals surface area contributed by atoms with Gasteiger partial charge in [0.1, 0.15) is 6.61 Å². The molecular weight excluding hydrogens is 212 g/mol. The number of carbonyl (C=O) groups excluding carboxylic acids is 1. The van der Waals surface area contributed by atoms with Crippen LogP contribution < -0.4 is 0 Å². The molecule has 0 aliphatic heterocycles. The minimum atomic E-state index is 0.250. The van der Waals surface area contributed by atoms with Gasteiger partial charge in [0.2, 0.25) is 0 Å². The molecule has 0 saturated heterocycles. The zero-order valence-corrected chi connectivity index (χ0v) is 10.4. The second-order valence-electron chi connectivity index (χ2n) is 5.05. The summed E-state index contributed by atoms with van der Waals surface area (Å²) < 4.78 is 5.45. The van der Waals surface area contributed by atoms with Crippen molar-refractivity contribution in [1.29, 1.82) is 0 Å². The summed E-state index contributed by atoms with van der Waals surface area (Å²) in [6.07, 6.45) is 4.26. The molecule has 1 aliphatic rings. The fourth-order valence-corrected chi connectivity index (χ4v) is 2.16. The van der Waals surface area contributed by atoms with Crippen molar-refractivity contribution < 1.29 is 9.53 Å². The Hall–Kier alpha value is -1.15. The van der Waals surface area contributed by atoms with Crippen molar-refractivity contribution in [2.75, 3.05) is 6.61 Å². The molecule has 0 unspecified atom stereocenters. The zero-order chi connectivity index (χ0) is 12.1. The van der Waals surface area contributed by atoms with Crippen LogP contribution in [0.1, 0.15) is 38.2 Å². The third-order valence-corrected chi connectivity index (χ3v) is 3.65. The smallest absolute Gasteiger partial charge is 0.159 e. The molecule has 0 bridgehead atoms. The van der Waals surface area contributed by atoms with Gasteiger partial charge in [-0.25, -0.2) is 0 Å². The topological polar surface area (TPSA) is 26.3 Å². The maximum absolute atomic E-state index is 11.7. The molecule has 1 aliphatic carbocycles. The average molecular weight is 232 g/mol. The Morgan fingerprint density at radius 1 is 1.29 bits per heavy atom. The number of rotatable bonds is 7. The van der Waals surface area contributed by atoms with Crippen molar-refractivity contribution in [3.63, 3.8) is 0 Å². The maximum Gasteiger partial charge on any atom is 0.159 e. The molecule has 1 fully saturated rings. The Balaban J connectivity index is 1.67. The van der Waals surface area contributed by atoms with Crippen LogP contribution in [0.4, 0.5) is 0 Å². The first-order valence-corrected chi connectivity index (χ1v) is 6.37. The van der Waals surface area contributed by atoms with Crippen LogP contribution in [0.5, 0.6) is 0 Å². The highest BCUT2D eigenvalue weighted by Crippen LogP contribution is 2.51. The Morgan fingerprint density at radius 3 is 2.59 bits per heavy atom. The summed E-state index contributed by atoms with van der Waals surface area (Å²) in [5.41, 5.74) is 1.46. The van der Waals surface area contributed by atoms with Gasteiger partial charge in [0.05, 0.1) is 6.61 Å². The van der Waals surface area contributed by atoms with E-state index in [2.05, 4.69) is 6.92 Å². The first-order valence-electron chi connectivity index (χ1n) is 6.37. The lowest BCUT2D eigenvalue weighted by Crippen LogP contribution is -2.14. The van der Waals surface area contributed by atoms with Crippen LogP contribution in [0.15, 0.2) is 30.3 Å². The molecule has 0 N–H and O–H groups in total. The Morgan fingerprint density at radius 2 is 2.00 bits per heavy atom. The average Bonchev–Trinajstić information content (AvgIpc) is 3.11. The van der Waals surface area contributed by atoms with Gasteiger partial charge >= 0.3 is 0 Å². The van der Waals surface area contributed by atoms with E-state index in [0.29, 0.717) is 18.4 Å². The molecule has 0 spiro atoms. The first-order chi connectivity index (χ1) is 8.24. The van der Waals surface area contributed by atoms with Crippen LogP contribution in [0, 0.1) is 5.41 Å². The number of ketones is 1. The second-order valence-corrected chi connectivity index (χ2v) is 5.05. The van der Waals surface area contributed by atoms with Gasteiger partial charge in [-0.15, -0.1) is 0 Å². The van der Waals surface area contributed by atoms with Crippen LogP contribution in [0.25, 0.3) is 0 Å². The number of hydrogen-bond donors (Lipinski definition) is 0. The lowest BCUT2D eigenvalue weighted by atomic mass is 9.97. The molecule has 1 aromatic rings. The lowest BCUT2D eigenvalue weighted by Gasteiger charge is -2.10. The fourth-order valence-electron chi connectivity index (χ4n) is 2.16. The van der Waals surface area contributed by atoms with Gasteiger partial charge in [0, 0.05) is 6.42 Å². The molecule has 0 amide bonds. The predicted octanol–water partition coefficient (Wildman–Crippen LogP) is 3.35. The minimum absolute atomic E-state index is 0.250. The number of ether oxygens (including phenoxy) is 1. The summed E-state index contributed by atoms with van der Waals surface area (Å²) in [5, 5.41) is 0. The normalized spacial score (nSPS) is 16.8. The molecule has 0 atom stereocenters. The van der Waals surface area contributed by atoms with Crippen molar-refractivity contribution in [3.05, 3.63) is 35.9 Å². The molecule has 1 saturated carbocycles. The third-order valence-electron chi connectivity index (χ3n) is 3.65. The van der Waals surface area contributed by atoms with E-state index < -0.39 is 0 Å². The van der Waals surface area contributed by atoms with Gasteiger partial charge in [-0.2, -0.15) is 0 Å². The summed E-state index contributed by atoms with van der Waals surface area (Å²) in [4.78, 5) is 11.7.